The highest BCUT2D eigenvalue weighted by Crippen LogP contribution is 2.28. The predicted octanol–water partition coefficient (Wildman–Crippen LogP) is 4.67. The van der Waals surface area contributed by atoms with Crippen LogP contribution in [0.2, 0.25) is 5.02 Å². The molecule has 0 bridgehead atoms. The van der Waals surface area contributed by atoms with E-state index >= 15 is 0 Å². The second-order valence-electron chi connectivity index (χ2n) is 5.89. The Balaban J connectivity index is 1.91. The fourth-order valence-electron chi connectivity index (χ4n) is 2.47. The summed E-state index contributed by atoms with van der Waals surface area (Å²) < 4.78 is 68.1. The van der Waals surface area contributed by atoms with Crippen molar-refractivity contribution in [2.75, 3.05) is 4.72 Å². The number of halogens is 4. The maximum atomic E-state index is 12.8. The lowest BCUT2D eigenvalue weighted by Crippen LogP contribution is -2.18. The summed E-state index contributed by atoms with van der Waals surface area (Å²) in [7, 11) is -4.22. The van der Waals surface area contributed by atoms with Crippen molar-refractivity contribution < 1.29 is 31.1 Å². The molecule has 0 unspecified atom stereocenters. The van der Waals surface area contributed by atoms with Crippen molar-refractivity contribution in [3.05, 3.63) is 83.1 Å². The molecule has 2 aromatic carbocycles. The number of hydrogen-bond acceptors (Lipinski definition) is 5. The number of nitrogens with one attached hydrogen (secondary N) is 1. The lowest BCUT2D eigenvalue weighted by molar-refractivity contribution is -0.274. The molecule has 1 N–H and O–H groups in total. The molecule has 3 rings (SSSR count). The smallest absolute Gasteiger partial charge is 0.406 e. The van der Waals surface area contributed by atoms with Crippen LogP contribution in [0.25, 0.3) is 0 Å². The van der Waals surface area contributed by atoms with Crippen LogP contribution in [0, 0.1) is 0 Å². The molecule has 0 atom stereocenters. The minimum Gasteiger partial charge on any atom is -0.406 e. The van der Waals surface area contributed by atoms with E-state index in [0.717, 1.165) is 24.3 Å². The zero-order valence-corrected chi connectivity index (χ0v) is 16.4. The van der Waals surface area contributed by atoms with E-state index in [2.05, 4.69) is 14.4 Å². The van der Waals surface area contributed by atoms with Gasteiger partial charge in [0.25, 0.3) is 10.0 Å². The first kappa shape index (κ1) is 21.6. The Morgan fingerprint density at radius 1 is 1.07 bits per heavy atom. The first-order valence-electron chi connectivity index (χ1n) is 8.18. The number of hydrogen-bond donors (Lipinski definition) is 1. The van der Waals surface area contributed by atoms with E-state index in [1.165, 1.54) is 36.7 Å². The molecule has 1 aromatic heterocycles. The SMILES string of the molecule is O=C(c1cccnc1)c1cc(Cl)ccc1NS(=O)(=O)c1ccc(OC(F)(F)F)cc1. The second kappa shape index (κ2) is 8.33. The highest BCUT2D eigenvalue weighted by Gasteiger charge is 2.31. The van der Waals surface area contributed by atoms with Crippen LogP contribution in [-0.4, -0.2) is 25.5 Å². The Hall–Kier alpha value is -3.11. The summed E-state index contributed by atoms with van der Waals surface area (Å²) in [5, 5.41) is 0.207. The van der Waals surface area contributed by atoms with Gasteiger partial charge in [-0.3, -0.25) is 14.5 Å². The number of aromatic nitrogens is 1. The Bertz CT molecular complexity index is 1170. The molecule has 156 valence electrons. The van der Waals surface area contributed by atoms with E-state index in [1.807, 2.05) is 0 Å². The monoisotopic (exact) mass is 456 g/mol. The number of ketones is 1. The molecule has 11 heteroatoms. The van der Waals surface area contributed by atoms with E-state index < -0.39 is 27.9 Å². The number of pyridine rings is 1. The fourth-order valence-corrected chi connectivity index (χ4v) is 3.72. The van der Waals surface area contributed by atoms with Crippen molar-refractivity contribution in [1.82, 2.24) is 4.98 Å². The molecule has 0 saturated carbocycles. The average molecular weight is 457 g/mol. The number of anilines is 1. The fraction of sp³-hybridized carbons (Fsp3) is 0.0526. The van der Waals surface area contributed by atoms with Gasteiger partial charge < -0.3 is 4.74 Å². The van der Waals surface area contributed by atoms with Crippen molar-refractivity contribution in [3.8, 4) is 5.75 Å². The van der Waals surface area contributed by atoms with E-state index in [-0.39, 0.29) is 26.7 Å². The van der Waals surface area contributed by atoms with Crippen molar-refractivity contribution >= 4 is 33.1 Å². The third-order valence-electron chi connectivity index (χ3n) is 3.76. The summed E-state index contributed by atoms with van der Waals surface area (Å²) in [5.74, 6) is -1.09. The van der Waals surface area contributed by atoms with Gasteiger partial charge in [-0.05, 0) is 54.6 Å². The van der Waals surface area contributed by atoms with Gasteiger partial charge in [0.15, 0.2) is 5.78 Å². The minimum absolute atomic E-state index is 0.0175. The number of ether oxygens (including phenoxy) is 1. The van der Waals surface area contributed by atoms with Crippen molar-refractivity contribution in [2.24, 2.45) is 0 Å². The average Bonchev–Trinajstić information content (AvgIpc) is 2.68. The summed E-state index contributed by atoms with van der Waals surface area (Å²) in [6, 6.07) is 10.7. The highest BCUT2D eigenvalue weighted by atomic mass is 35.5. The van der Waals surface area contributed by atoms with Gasteiger partial charge in [-0.25, -0.2) is 8.42 Å². The van der Waals surface area contributed by atoms with Crippen molar-refractivity contribution in [3.63, 3.8) is 0 Å². The van der Waals surface area contributed by atoms with Crippen LogP contribution in [0.15, 0.2) is 71.9 Å². The third-order valence-corrected chi connectivity index (χ3v) is 5.38. The molecule has 0 saturated heterocycles. The van der Waals surface area contributed by atoms with Crippen LogP contribution < -0.4 is 9.46 Å². The van der Waals surface area contributed by atoms with Crippen LogP contribution in [0.5, 0.6) is 5.75 Å². The lowest BCUT2D eigenvalue weighted by atomic mass is 10.0. The number of carbonyl (C=O) groups is 1. The third kappa shape index (κ3) is 5.28. The van der Waals surface area contributed by atoms with Gasteiger partial charge in [-0.15, -0.1) is 13.2 Å². The van der Waals surface area contributed by atoms with Crippen LogP contribution in [0.3, 0.4) is 0 Å². The van der Waals surface area contributed by atoms with Crippen LogP contribution >= 0.6 is 11.6 Å². The van der Waals surface area contributed by atoms with Crippen molar-refractivity contribution in [2.45, 2.75) is 11.3 Å². The first-order chi connectivity index (χ1) is 14.0. The predicted molar refractivity (Wildman–Crippen MR) is 103 cm³/mol. The Morgan fingerprint density at radius 2 is 1.77 bits per heavy atom. The summed E-state index contributed by atoms with van der Waals surface area (Å²) >= 11 is 5.96. The molecule has 0 spiro atoms. The summed E-state index contributed by atoms with van der Waals surface area (Å²) in [4.78, 5) is 16.3. The van der Waals surface area contributed by atoms with Crippen LogP contribution in [0.4, 0.5) is 18.9 Å². The molecule has 0 aliphatic heterocycles. The Labute approximate surface area is 174 Å². The largest absolute Gasteiger partial charge is 0.573 e. The van der Waals surface area contributed by atoms with Crippen LogP contribution in [0.1, 0.15) is 15.9 Å². The highest BCUT2D eigenvalue weighted by molar-refractivity contribution is 7.92. The quantitative estimate of drug-likeness (QED) is 0.545. The molecule has 0 radical (unpaired) electrons. The van der Waals surface area contributed by atoms with Gasteiger partial charge in [-0.1, -0.05) is 11.6 Å². The molecule has 0 fully saturated rings. The maximum absolute atomic E-state index is 12.8. The van der Waals surface area contributed by atoms with Gasteiger partial charge in [0.2, 0.25) is 0 Å². The summed E-state index contributed by atoms with van der Waals surface area (Å²) in [6.45, 7) is 0. The van der Waals surface area contributed by atoms with E-state index in [0.29, 0.717) is 0 Å². The second-order valence-corrected chi connectivity index (χ2v) is 8.00. The van der Waals surface area contributed by atoms with Gasteiger partial charge in [-0.2, -0.15) is 0 Å². The zero-order valence-electron chi connectivity index (χ0n) is 14.9. The maximum Gasteiger partial charge on any atom is 0.573 e. The van der Waals surface area contributed by atoms with Crippen molar-refractivity contribution in [1.29, 1.82) is 0 Å². The number of carbonyl (C=O) groups excluding carboxylic acids is 1. The Morgan fingerprint density at radius 3 is 2.37 bits per heavy atom. The molecular formula is C19H12ClF3N2O4S. The summed E-state index contributed by atoms with van der Waals surface area (Å²) in [5.41, 5.74) is 0.147. The molecule has 0 aliphatic carbocycles. The van der Waals surface area contributed by atoms with Crippen LogP contribution in [-0.2, 0) is 10.0 Å². The van der Waals surface area contributed by atoms with E-state index in [4.69, 9.17) is 11.6 Å². The molecule has 30 heavy (non-hydrogen) atoms. The summed E-state index contributed by atoms with van der Waals surface area (Å²) in [6.07, 6.45) is -2.10. The zero-order chi connectivity index (χ0) is 21.9. The number of nitrogens with zero attached hydrogens (tertiary/aromatic N) is 1. The Kier molecular flexibility index (Phi) is 5.99. The molecule has 1 heterocycles. The normalized spacial score (nSPS) is 11.7. The number of sulfonamides is 1. The number of benzene rings is 2. The van der Waals surface area contributed by atoms with Gasteiger partial charge in [0.05, 0.1) is 10.6 Å². The standard InChI is InChI=1S/C19H12ClF3N2O4S/c20-13-3-8-17(16(10-13)18(26)12-2-1-9-24-11-12)25-30(27,28)15-6-4-14(5-7-15)29-19(21,22)23/h1-11,25H. The molecule has 0 amide bonds. The van der Waals surface area contributed by atoms with Gasteiger partial charge in [0, 0.05) is 28.5 Å². The van der Waals surface area contributed by atoms with E-state index in [9.17, 15) is 26.4 Å². The van der Waals surface area contributed by atoms with Gasteiger partial charge >= 0.3 is 6.36 Å². The number of alkyl halides is 3. The molecule has 3 aromatic rings. The number of rotatable bonds is 6. The van der Waals surface area contributed by atoms with Gasteiger partial charge in [0.1, 0.15) is 5.75 Å². The minimum atomic E-state index is -4.90. The molecule has 6 nitrogen and oxygen atoms in total. The lowest BCUT2D eigenvalue weighted by Gasteiger charge is -2.13. The topological polar surface area (TPSA) is 85.4 Å². The first-order valence-corrected chi connectivity index (χ1v) is 10.0. The van der Waals surface area contributed by atoms with E-state index in [1.54, 1.807) is 6.07 Å². The molecule has 0 aliphatic rings. The molecular weight excluding hydrogens is 445 g/mol.